The lowest BCUT2D eigenvalue weighted by atomic mass is 10.1. The van der Waals surface area contributed by atoms with Crippen molar-refractivity contribution in [1.82, 2.24) is 10.2 Å². The molecule has 3 rings (SSSR count). The fraction of sp³-hybridized carbons (Fsp3) is 0.0556. The van der Waals surface area contributed by atoms with Gasteiger partial charge in [-0.2, -0.15) is 10.4 Å². The second-order valence-corrected chi connectivity index (χ2v) is 5.67. The zero-order valence-corrected chi connectivity index (χ0v) is 14.5. The van der Waals surface area contributed by atoms with E-state index in [9.17, 15) is 24.5 Å². The number of carbonyl (C=O) groups is 2. The number of nitro benzene ring substituents is 1. The molecule has 11 nitrogen and oxygen atoms in total. The van der Waals surface area contributed by atoms with Gasteiger partial charge in [0, 0.05) is 17.5 Å². The minimum absolute atomic E-state index is 0.0340. The van der Waals surface area contributed by atoms with Gasteiger partial charge in [0.15, 0.2) is 12.3 Å². The highest BCUT2D eigenvalue weighted by molar-refractivity contribution is 6.03. The van der Waals surface area contributed by atoms with Crippen molar-refractivity contribution < 1.29 is 19.2 Å². The van der Waals surface area contributed by atoms with Gasteiger partial charge >= 0.3 is 5.97 Å². The topological polar surface area (TPSA) is 168 Å². The van der Waals surface area contributed by atoms with Gasteiger partial charge in [0.25, 0.3) is 17.2 Å². The first-order valence-electron chi connectivity index (χ1n) is 8.03. The molecule has 1 amide bonds. The molecule has 0 unspecified atom stereocenters. The van der Waals surface area contributed by atoms with E-state index in [1.54, 1.807) is 18.2 Å². The number of non-ortho nitro benzene ring substituents is 1. The van der Waals surface area contributed by atoms with Crippen molar-refractivity contribution >= 4 is 34.0 Å². The van der Waals surface area contributed by atoms with Gasteiger partial charge < -0.3 is 10.1 Å². The Morgan fingerprint density at radius 2 is 1.97 bits per heavy atom. The molecular formula is C18H11N5O6. The van der Waals surface area contributed by atoms with E-state index in [0.717, 1.165) is 12.1 Å². The van der Waals surface area contributed by atoms with E-state index in [1.165, 1.54) is 18.2 Å². The van der Waals surface area contributed by atoms with E-state index in [4.69, 9.17) is 10.00 Å². The third kappa shape index (κ3) is 4.06. The lowest BCUT2D eigenvalue weighted by Crippen LogP contribution is -2.23. The van der Waals surface area contributed by atoms with Crippen LogP contribution in [0.4, 0.5) is 11.4 Å². The average molecular weight is 393 g/mol. The van der Waals surface area contributed by atoms with Crippen LogP contribution < -0.4 is 10.9 Å². The van der Waals surface area contributed by atoms with Crippen molar-refractivity contribution in [3.8, 4) is 6.07 Å². The summed E-state index contributed by atoms with van der Waals surface area (Å²) in [6.45, 7) is -0.699. The molecule has 2 aromatic carbocycles. The second-order valence-electron chi connectivity index (χ2n) is 5.67. The predicted octanol–water partition coefficient (Wildman–Crippen LogP) is 1.50. The molecule has 29 heavy (non-hydrogen) atoms. The van der Waals surface area contributed by atoms with Crippen LogP contribution in [-0.2, 0) is 9.53 Å². The summed E-state index contributed by atoms with van der Waals surface area (Å²) in [4.78, 5) is 46.1. The van der Waals surface area contributed by atoms with E-state index in [0.29, 0.717) is 0 Å². The predicted molar refractivity (Wildman–Crippen MR) is 99.1 cm³/mol. The molecule has 0 atom stereocenters. The van der Waals surface area contributed by atoms with E-state index in [-0.39, 0.29) is 33.4 Å². The fourth-order valence-electron chi connectivity index (χ4n) is 2.50. The Labute approximate surface area is 161 Å². The Balaban J connectivity index is 1.71. The Morgan fingerprint density at radius 1 is 1.24 bits per heavy atom. The standard InChI is InChI=1S/C18H11N5O6/c19-8-10-7-11(23(27)28)5-6-14(10)20-15(24)9-29-18(26)16-12-3-1-2-4-13(12)17(25)22-21-16/h1-7H,9H2,(H,20,24)(H,22,25). The third-order valence-corrected chi connectivity index (χ3v) is 3.83. The first kappa shape index (κ1) is 19.2. The summed E-state index contributed by atoms with van der Waals surface area (Å²) in [7, 11) is 0. The van der Waals surface area contributed by atoms with Gasteiger partial charge in [0.1, 0.15) is 6.07 Å². The summed E-state index contributed by atoms with van der Waals surface area (Å²) < 4.78 is 4.92. The lowest BCUT2D eigenvalue weighted by molar-refractivity contribution is -0.384. The summed E-state index contributed by atoms with van der Waals surface area (Å²) in [5.74, 6) is -1.70. The molecule has 0 spiro atoms. The monoisotopic (exact) mass is 393 g/mol. The number of nitro groups is 1. The molecule has 1 heterocycles. The number of carbonyl (C=O) groups excluding carboxylic acids is 2. The van der Waals surface area contributed by atoms with Gasteiger partial charge in [-0.15, -0.1) is 0 Å². The van der Waals surface area contributed by atoms with E-state index < -0.39 is 29.0 Å². The van der Waals surface area contributed by atoms with Gasteiger partial charge in [0.05, 0.1) is 21.6 Å². The number of fused-ring (bicyclic) bond motifs is 1. The van der Waals surface area contributed by atoms with Crippen LogP contribution in [0, 0.1) is 21.4 Å². The number of anilines is 1. The third-order valence-electron chi connectivity index (χ3n) is 3.83. The van der Waals surface area contributed by atoms with Crippen LogP contribution in [0.5, 0.6) is 0 Å². The molecular weight excluding hydrogens is 382 g/mol. The summed E-state index contributed by atoms with van der Waals surface area (Å²) >= 11 is 0. The van der Waals surface area contributed by atoms with E-state index in [1.807, 2.05) is 0 Å². The van der Waals surface area contributed by atoms with Crippen molar-refractivity contribution in [3.05, 3.63) is 74.2 Å². The van der Waals surface area contributed by atoms with Gasteiger partial charge in [0.2, 0.25) is 0 Å². The first-order chi connectivity index (χ1) is 13.9. The summed E-state index contributed by atoms with van der Waals surface area (Å²) in [5, 5.41) is 28.5. The number of aromatic nitrogens is 2. The van der Waals surface area contributed by atoms with E-state index >= 15 is 0 Å². The number of H-pyrrole nitrogens is 1. The quantitative estimate of drug-likeness (QED) is 0.373. The van der Waals surface area contributed by atoms with Crippen molar-refractivity contribution in [2.24, 2.45) is 0 Å². The Kier molecular flexibility index (Phi) is 5.27. The number of rotatable bonds is 5. The lowest BCUT2D eigenvalue weighted by Gasteiger charge is -2.08. The maximum Gasteiger partial charge on any atom is 0.359 e. The highest BCUT2D eigenvalue weighted by Crippen LogP contribution is 2.21. The van der Waals surface area contributed by atoms with Gasteiger partial charge in [-0.3, -0.25) is 19.7 Å². The number of benzene rings is 2. The molecule has 0 aliphatic rings. The van der Waals surface area contributed by atoms with Crippen molar-refractivity contribution in [1.29, 1.82) is 5.26 Å². The number of ether oxygens (including phenoxy) is 1. The number of hydrogen-bond donors (Lipinski definition) is 2. The van der Waals surface area contributed by atoms with Crippen LogP contribution in [0.3, 0.4) is 0 Å². The minimum Gasteiger partial charge on any atom is -0.451 e. The summed E-state index contributed by atoms with van der Waals surface area (Å²) in [6, 6.07) is 11.3. The zero-order chi connectivity index (χ0) is 21.0. The maximum atomic E-state index is 12.3. The molecule has 144 valence electrons. The number of aromatic amines is 1. The number of amides is 1. The smallest absolute Gasteiger partial charge is 0.359 e. The van der Waals surface area contributed by atoms with Crippen molar-refractivity contribution in [2.75, 3.05) is 11.9 Å². The average Bonchev–Trinajstić information content (AvgIpc) is 2.72. The Hall–Kier alpha value is -4.59. The number of nitriles is 1. The summed E-state index contributed by atoms with van der Waals surface area (Å²) in [6.07, 6.45) is 0. The van der Waals surface area contributed by atoms with Gasteiger partial charge in [-0.05, 0) is 12.1 Å². The molecule has 3 aromatic rings. The number of esters is 1. The van der Waals surface area contributed by atoms with Gasteiger partial charge in [-0.25, -0.2) is 9.89 Å². The molecule has 0 aliphatic heterocycles. The molecule has 2 N–H and O–H groups in total. The molecule has 0 radical (unpaired) electrons. The van der Waals surface area contributed by atoms with Crippen molar-refractivity contribution in [3.63, 3.8) is 0 Å². The molecule has 11 heteroatoms. The van der Waals surface area contributed by atoms with Crippen LogP contribution in [-0.4, -0.2) is 33.6 Å². The largest absolute Gasteiger partial charge is 0.451 e. The molecule has 0 saturated heterocycles. The molecule has 0 saturated carbocycles. The van der Waals surface area contributed by atoms with Crippen LogP contribution >= 0.6 is 0 Å². The molecule has 1 aromatic heterocycles. The Morgan fingerprint density at radius 3 is 2.66 bits per heavy atom. The molecule has 0 aliphatic carbocycles. The highest BCUT2D eigenvalue weighted by atomic mass is 16.6. The van der Waals surface area contributed by atoms with Crippen LogP contribution in [0.2, 0.25) is 0 Å². The SMILES string of the molecule is N#Cc1cc([N+](=O)[O-])ccc1NC(=O)COC(=O)c1n[nH]c(=O)c2ccccc12. The molecule has 0 fully saturated rings. The van der Waals surface area contributed by atoms with E-state index in [2.05, 4.69) is 15.5 Å². The van der Waals surface area contributed by atoms with Crippen LogP contribution in [0.15, 0.2) is 47.3 Å². The molecule has 0 bridgehead atoms. The Bertz CT molecular complexity index is 1240. The van der Waals surface area contributed by atoms with Crippen LogP contribution in [0.25, 0.3) is 10.8 Å². The normalized spacial score (nSPS) is 10.2. The number of nitrogens with zero attached hydrogens (tertiary/aromatic N) is 3. The second kappa shape index (κ2) is 7.97. The summed E-state index contributed by atoms with van der Waals surface area (Å²) in [5.41, 5.74) is -1.03. The van der Waals surface area contributed by atoms with Crippen LogP contribution in [0.1, 0.15) is 16.1 Å². The number of hydrogen-bond acceptors (Lipinski definition) is 8. The number of nitrogens with one attached hydrogen (secondary N) is 2. The zero-order valence-electron chi connectivity index (χ0n) is 14.5. The first-order valence-corrected chi connectivity index (χ1v) is 8.03. The fourth-order valence-corrected chi connectivity index (χ4v) is 2.50. The maximum absolute atomic E-state index is 12.3. The van der Waals surface area contributed by atoms with Crippen molar-refractivity contribution in [2.45, 2.75) is 0 Å². The highest BCUT2D eigenvalue weighted by Gasteiger charge is 2.18. The minimum atomic E-state index is -0.934. The van der Waals surface area contributed by atoms with Gasteiger partial charge in [-0.1, -0.05) is 18.2 Å².